The minimum Gasteiger partial charge on any atom is -0.545 e. The maximum atomic E-state index is 10.8. The van der Waals surface area contributed by atoms with Gasteiger partial charge in [-0.25, -0.2) is 0 Å². The molecule has 0 saturated heterocycles. The Kier molecular flexibility index (Phi) is 22.5. The molecule has 4 aromatic rings. The van der Waals surface area contributed by atoms with Crippen LogP contribution >= 0.6 is 0 Å². The van der Waals surface area contributed by atoms with Crippen molar-refractivity contribution in [3.05, 3.63) is 107 Å². The maximum absolute atomic E-state index is 10.8. The Hall–Kier alpha value is -4.98. The molecule has 0 spiro atoms. The van der Waals surface area contributed by atoms with E-state index in [1.54, 1.807) is 0 Å². The van der Waals surface area contributed by atoms with Crippen LogP contribution in [0.25, 0.3) is 0 Å². The van der Waals surface area contributed by atoms with Crippen LogP contribution in [0, 0.1) is 0 Å². The van der Waals surface area contributed by atoms with Crippen LogP contribution in [-0.4, -0.2) is 44.3 Å². The maximum Gasteiger partial charge on any atom is 2.00 e. The van der Waals surface area contributed by atoms with Gasteiger partial charge in [-0.05, 0) is 86.1 Å². The molecule has 0 atom stereocenters. The van der Waals surface area contributed by atoms with E-state index < -0.39 is 34.9 Å². The summed E-state index contributed by atoms with van der Waals surface area (Å²) in [5.41, 5.74) is 3.39. The summed E-state index contributed by atoms with van der Waals surface area (Å²) in [7, 11) is 0. The van der Waals surface area contributed by atoms with Crippen LogP contribution in [0.4, 0.5) is 11.4 Å². The fourth-order valence-corrected chi connectivity index (χ4v) is 5.09. The van der Waals surface area contributed by atoms with E-state index in [1.807, 2.05) is 80.7 Å². The zero-order valence-corrected chi connectivity index (χ0v) is 32.1. The summed E-state index contributed by atoms with van der Waals surface area (Å²) in [4.78, 5) is 30.9. The number of phenols is 4. The summed E-state index contributed by atoms with van der Waals surface area (Å²) < 4.78 is 0. The number of para-hydroxylation sites is 2. The number of aromatic hydroxyl groups is 4. The Bertz CT molecular complexity index is 1670. The smallest absolute Gasteiger partial charge is 0.545 e. The minimum absolute atomic E-state index is 0. The van der Waals surface area contributed by atoms with E-state index in [1.165, 1.54) is 24.3 Å². The van der Waals surface area contributed by atoms with Gasteiger partial charge in [-0.3, -0.25) is 9.98 Å². The molecule has 11 heteroatoms. The average molecular weight is 817 g/mol. The molecule has 0 unspecified atom stereocenters. The number of carbonyl (C=O) groups excluding carboxylic acids is 2. The van der Waals surface area contributed by atoms with Crippen LogP contribution in [0.5, 0.6) is 23.0 Å². The normalized spacial score (nSPS) is 10.7. The van der Waals surface area contributed by atoms with Gasteiger partial charge < -0.3 is 40.2 Å². The molecule has 0 aliphatic carbocycles. The van der Waals surface area contributed by atoms with Crippen molar-refractivity contribution in [3.8, 4) is 23.0 Å². The third-order valence-electron chi connectivity index (χ3n) is 7.93. The molecular weight excluding hydrogens is 767 g/mol. The summed E-state index contributed by atoms with van der Waals surface area (Å²) in [6.45, 7) is 6.29. The topological polar surface area (TPSA) is 186 Å². The number of phenolic OH excluding ortho intramolecular Hbond substituents is 2. The van der Waals surface area contributed by atoms with E-state index in [9.17, 15) is 40.2 Å². The number of nitrogens with zero attached hydrogens (tertiary/aromatic N) is 2. The quantitative estimate of drug-likeness (QED) is 0.0383. The molecule has 10 nitrogen and oxygen atoms in total. The van der Waals surface area contributed by atoms with Gasteiger partial charge >= 0.3 is 20.4 Å². The predicted octanol–water partition coefficient (Wildman–Crippen LogP) is 7.74. The number of unbranched alkanes of at least 4 members (excludes halogenated alkanes) is 5. The molecule has 0 aromatic heterocycles. The van der Waals surface area contributed by atoms with E-state index in [0.717, 1.165) is 74.9 Å². The first-order valence-electron chi connectivity index (χ1n) is 17.8. The molecule has 0 bridgehead atoms. The minimum atomic E-state index is -1.46. The number of aromatic carboxylic acids is 2. The zero-order chi connectivity index (χ0) is 38.3. The Balaban J connectivity index is 0.000000398. The standard InChI is InChI=1S/C18H20N2.2C12H16O4.Pd/c1-2-3-10-18(20-17-13-8-5-9-14-17)15-19-16-11-6-4-7-12-16;2*1-2-3-4-5-8-6-7-9(13)11(14)10(8)12(15)16;/h4-9,11-15H,2-3,10H2,1H3;2*6-7,13-14H,2-5H2,1H3,(H,15,16);/q;;;+2/p-2. The van der Waals surface area contributed by atoms with Gasteiger partial charge in [0.25, 0.3) is 0 Å². The molecule has 0 saturated carbocycles. The molecule has 0 fully saturated rings. The Morgan fingerprint density at radius 1 is 0.585 bits per heavy atom. The van der Waals surface area contributed by atoms with Gasteiger partial charge in [-0.15, -0.1) is 0 Å². The van der Waals surface area contributed by atoms with Gasteiger partial charge in [-0.1, -0.05) is 101 Å². The van der Waals surface area contributed by atoms with Gasteiger partial charge in [0, 0.05) is 17.3 Å². The van der Waals surface area contributed by atoms with Crippen molar-refractivity contribution >= 4 is 35.2 Å². The van der Waals surface area contributed by atoms with Gasteiger partial charge in [0.15, 0.2) is 23.0 Å². The summed E-state index contributed by atoms with van der Waals surface area (Å²) in [6, 6.07) is 25.6. The first-order valence-corrected chi connectivity index (χ1v) is 17.8. The number of aliphatic imine (C=N–C) groups is 2. The van der Waals surface area contributed by atoms with Crippen molar-refractivity contribution in [1.82, 2.24) is 0 Å². The summed E-state index contributed by atoms with van der Waals surface area (Å²) >= 11 is 0. The second kappa shape index (κ2) is 25.9. The molecule has 286 valence electrons. The molecule has 4 rings (SSSR count). The SMILES string of the molecule is CCCCC(C=Nc1ccccc1)=Nc1ccccc1.CCCCCc1ccc(O)c(O)c1C(=O)[O-].CCCCCc1ccc(O)c(O)c1C(=O)[O-].[Pd+2]. The van der Waals surface area contributed by atoms with Gasteiger partial charge in [0.2, 0.25) is 0 Å². The molecule has 0 amide bonds. The molecule has 0 aliphatic rings. The van der Waals surface area contributed by atoms with Crippen molar-refractivity contribution in [2.45, 2.75) is 91.4 Å². The van der Waals surface area contributed by atoms with E-state index in [-0.39, 0.29) is 31.5 Å². The summed E-state index contributed by atoms with van der Waals surface area (Å²) in [5, 5.41) is 59.0. The van der Waals surface area contributed by atoms with Crippen molar-refractivity contribution in [2.75, 3.05) is 0 Å². The number of hydrogen-bond acceptors (Lipinski definition) is 10. The van der Waals surface area contributed by atoms with Gasteiger partial charge in [-0.2, -0.15) is 0 Å². The number of carboxylic acid groups (broad SMARTS) is 2. The predicted molar refractivity (Wildman–Crippen MR) is 202 cm³/mol. The van der Waals surface area contributed by atoms with E-state index >= 15 is 0 Å². The second-order valence-corrected chi connectivity index (χ2v) is 12.1. The first-order chi connectivity index (χ1) is 25.0. The molecule has 0 aliphatic heterocycles. The molecule has 4 aromatic carbocycles. The number of aryl methyl sites for hydroxylation is 2. The third kappa shape index (κ3) is 16.5. The molecule has 0 radical (unpaired) electrons. The zero-order valence-electron chi connectivity index (χ0n) is 30.6. The molecule has 53 heavy (non-hydrogen) atoms. The van der Waals surface area contributed by atoms with Crippen molar-refractivity contribution in [1.29, 1.82) is 0 Å². The molecule has 4 N–H and O–H groups in total. The van der Waals surface area contributed by atoms with Gasteiger partial charge in [0.1, 0.15) is 0 Å². The van der Waals surface area contributed by atoms with E-state index in [2.05, 4.69) is 16.9 Å². The van der Waals surface area contributed by atoms with E-state index in [0.29, 0.717) is 24.0 Å². The molecule has 0 heterocycles. The fraction of sp³-hybridized carbons (Fsp3) is 0.333. The summed E-state index contributed by atoms with van der Waals surface area (Å²) in [6.07, 6.45) is 12.0. The monoisotopic (exact) mass is 816 g/mol. The van der Waals surface area contributed by atoms with Crippen LogP contribution < -0.4 is 10.2 Å². The van der Waals surface area contributed by atoms with E-state index in [4.69, 9.17) is 0 Å². The van der Waals surface area contributed by atoms with Crippen LogP contribution in [0.3, 0.4) is 0 Å². The number of rotatable bonds is 16. The number of benzene rings is 4. The Morgan fingerprint density at radius 2 is 1.00 bits per heavy atom. The average Bonchev–Trinajstić information content (AvgIpc) is 3.13. The number of hydrogen-bond donors (Lipinski definition) is 4. The Morgan fingerprint density at radius 3 is 1.40 bits per heavy atom. The fourth-order valence-electron chi connectivity index (χ4n) is 5.09. The molecular formula is C42H50N2O8Pd. The van der Waals surface area contributed by atoms with Crippen LogP contribution in [0.2, 0.25) is 0 Å². The third-order valence-corrected chi connectivity index (χ3v) is 7.93. The van der Waals surface area contributed by atoms with Crippen molar-refractivity contribution < 1.29 is 60.7 Å². The van der Waals surface area contributed by atoms with Crippen LogP contribution in [0.15, 0.2) is 94.9 Å². The van der Waals surface area contributed by atoms with Crippen LogP contribution in [-0.2, 0) is 33.3 Å². The Labute approximate surface area is 326 Å². The number of carboxylic acids is 2. The van der Waals surface area contributed by atoms with Gasteiger partial charge in [0.05, 0.1) is 29.0 Å². The second-order valence-electron chi connectivity index (χ2n) is 12.1. The van der Waals surface area contributed by atoms with Crippen molar-refractivity contribution in [2.24, 2.45) is 9.98 Å². The largest absolute Gasteiger partial charge is 2.00 e. The van der Waals surface area contributed by atoms with Crippen LogP contribution in [0.1, 0.15) is 110 Å². The number of carbonyl (C=O) groups is 2. The van der Waals surface area contributed by atoms with Crippen molar-refractivity contribution in [3.63, 3.8) is 0 Å². The first kappa shape index (κ1) is 46.0. The summed E-state index contributed by atoms with van der Waals surface area (Å²) in [5.74, 6) is -4.99.